The summed E-state index contributed by atoms with van der Waals surface area (Å²) < 4.78 is 5.73. The highest BCUT2D eigenvalue weighted by Crippen LogP contribution is 2.21. The molecule has 0 saturated carbocycles. The lowest BCUT2D eigenvalue weighted by molar-refractivity contribution is -0.138. The van der Waals surface area contributed by atoms with Crippen LogP contribution in [0.4, 0.5) is 0 Å². The van der Waals surface area contributed by atoms with E-state index in [0.717, 1.165) is 0 Å². The van der Waals surface area contributed by atoms with Crippen molar-refractivity contribution in [2.45, 2.75) is 51.1 Å². The molecule has 0 radical (unpaired) electrons. The zero-order valence-corrected chi connectivity index (χ0v) is 21.5. The van der Waals surface area contributed by atoms with Crippen LogP contribution in [0.15, 0.2) is 30.0 Å². The molecule has 8 N–H and O–H groups in total. The number of aryl methyl sites for hydroxylation is 1. The predicted molar refractivity (Wildman–Crippen MR) is 137 cm³/mol. The Morgan fingerprint density at radius 2 is 1.87 bits per heavy atom. The van der Waals surface area contributed by atoms with Gasteiger partial charge in [-0.25, -0.2) is 0 Å². The smallest absolute Gasteiger partial charge is 0.322 e. The summed E-state index contributed by atoms with van der Waals surface area (Å²) in [6.07, 6.45) is 1.34. The van der Waals surface area contributed by atoms with Gasteiger partial charge in [-0.1, -0.05) is 17.7 Å². The van der Waals surface area contributed by atoms with E-state index in [2.05, 4.69) is 21.3 Å². The van der Waals surface area contributed by atoms with Crippen LogP contribution in [0.3, 0.4) is 0 Å². The molecule has 212 valence electrons. The van der Waals surface area contributed by atoms with Gasteiger partial charge in [0.1, 0.15) is 30.1 Å². The number of aliphatic carboxylic acids is 2. The summed E-state index contributed by atoms with van der Waals surface area (Å²) in [5.74, 6) is -5.55. The van der Waals surface area contributed by atoms with Crippen LogP contribution >= 0.6 is 0 Å². The molecule has 0 bridgehead atoms. The van der Waals surface area contributed by atoms with Crippen molar-refractivity contribution in [1.29, 1.82) is 0 Å². The van der Waals surface area contributed by atoms with Gasteiger partial charge in [0.25, 0.3) is 11.8 Å². The topological polar surface area (TPSA) is 226 Å². The normalized spacial score (nSPS) is 19.4. The van der Waals surface area contributed by atoms with Crippen molar-refractivity contribution < 1.29 is 43.7 Å². The Hall–Kier alpha value is -4.46. The minimum atomic E-state index is -1.33. The Kier molecular flexibility index (Phi) is 11.9. The van der Waals surface area contributed by atoms with E-state index in [0.29, 0.717) is 18.5 Å². The lowest BCUT2D eigenvalue weighted by Crippen LogP contribution is -2.52. The molecule has 0 saturated heterocycles. The molecule has 4 amide bonds. The fourth-order valence-corrected chi connectivity index (χ4v) is 3.58. The minimum absolute atomic E-state index is 0.0785. The third kappa shape index (κ3) is 10.1. The zero-order valence-electron chi connectivity index (χ0n) is 21.5. The third-order valence-electron chi connectivity index (χ3n) is 5.61. The Morgan fingerprint density at radius 3 is 2.54 bits per heavy atom. The first kappa shape index (κ1) is 30.8. The van der Waals surface area contributed by atoms with E-state index in [1.807, 2.05) is 0 Å². The Labute approximate surface area is 224 Å². The van der Waals surface area contributed by atoms with Gasteiger partial charge in [0.2, 0.25) is 11.8 Å². The second-order valence-electron chi connectivity index (χ2n) is 8.77. The van der Waals surface area contributed by atoms with Crippen LogP contribution in [-0.4, -0.2) is 77.6 Å². The molecule has 14 heteroatoms. The Morgan fingerprint density at radius 1 is 1.13 bits per heavy atom. The molecule has 1 aliphatic rings. The molecule has 2 atom stereocenters. The van der Waals surface area contributed by atoms with E-state index in [-0.39, 0.29) is 42.9 Å². The highest BCUT2D eigenvalue weighted by molar-refractivity contribution is 6.03. The maximum absolute atomic E-state index is 13.2. The van der Waals surface area contributed by atoms with Crippen LogP contribution in [0.1, 0.15) is 48.0 Å². The van der Waals surface area contributed by atoms with Crippen LogP contribution in [0.2, 0.25) is 0 Å². The van der Waals surface area contributed by atoms with E-state index < -0.39 is 60.6 Å². The molecule has 0 fully saturated rings. The number of nitrogens with two attached hydrogens (primary N) is 1. The molecule has 1 aromatic rings. The number of amides is 4. The molecular weight excluding hydrogens is 514 g/mol. The van der Waals surface area contributed by atoms with E-state index >= 15 is 0 Å². The van der Waals surface area contributed by atoms with Gasteiger partial charge in [0, 0.05) is 12.8 Å². The number of carbonyl (C=O) groups excluding carboxylic acids is 4. The number of hydrogen-bond donors (Lipinski definition) is 7. The number of fused-ring (bicyclic) bond motifs is 1. The third-order valence-corrected chi connectivity index (χ3v) is 5.61. The summed E-state index contributed by atoms with van der Waals surface area (Å²) in [5, 5.41) is 27.7. The number of carboxylic acid groups (broad SMARTS) is 2. The average Bonchev–Trinajstić information content (AvgIpc) is 2.88. The number of hydrogen-bond acceptors (Lipinski definition) is 8. The number of carbonyl (C=O) groups is 6. The zero-order chi connectivity index (χ0) is 28.9. The van der Waals surface area contributed by atoms with Crippen LogP contribution in [0.5, 0.6) is 5.75 Å². The van der Waals surface area contributed by atoms with Crippen molar-refractivity contribution in [3.63, 3.8) is 0 Å². The second-order valence-corrected chi connectivity index (χ2v) is 8.77. The van der Waals surface area contributed by atoms with Crippen molar-refractivity contribution in [2.75, 3.05) is 19.7 Å². The fraction of sp³-hybridized carbons (Fsp3) is 0.440. The highest BCUT2D eigenvalue weighted by atomic mass is 16.5. The van der Waals surface area contributed by atoms with Gasteiger partial charge < -0.3 is 42.0 Å². The molecule has 2 rings (SSSR count). The largest absolute Gasteiger partial charge is 0.493 e. The van der Waals surface area contributed by atoms with Crippen molar-refractivity contribution in [1.82, 2.24) is 21.3 Å². The summed E-state index contributed by atoms with van der Waals surface area (Å²) in [6.45, 7) is 1.21. The summed E-state index contributed by atoms with van der Waals surface area (Å²) >= 11 is 0. The SMILES string of the molecule is Cc1ccc2c(c1)C(=O)N[C@@H](CCC(=O)O)C(=O)N/C(=C/CCCN)C(=O)N[C@H](C(=O)NCC(=O)O)CCO2. The quantitative estimate of drug-likeness (QED) is 0.150. The van der Waals surface area contributed by atoms with E-state index in [1.54, 1.807) is 13.0 Å². The first-order chi connectivity index (χ1) is 18.5. The Bertz CT molecular complexity index is 1130. The van der Waals surface area contributed by atoms with Crippen LogP contribution in [0.25, 0.3) is 0 Å². The van der Waals surface area contributed by atoms with Crippen molar-refractivity contribution in [3.05, 3.63) is 41.1 Å². The summed E-state index contributed by atoms with van der Waals surface area (Å²) in [4.78, 5) is 74.2. The number of carboxylic acids is 2. The van der Waals surface area contributed by atoms with Crippen molar-refractivity contribution in [2.24, 2.45) is 5.73 Å². The van der Waals surface area contributed by atoms with Gasteiger partial charge >= 0.3 is 11.9 Å². The molecule has 1 heterocycles. The molecule has 0 aliphatic carbocycles. The molecule has 0 spiro atoms. The number of benzene rings is 1. The molecule has 0 unspecified atom stereocenters. The predicted octanol–water partition coefficient (Wildman–Crippen LogP) is -0.835. The van der Waals surface area contributed by atoms with E-state index in [1.165, 1.54) is 18.2 Å². The first-order valence-corrected chi connectivity index (χ1v) is 12.3. The molecule has 1 aliphatic heterocycles. The molecular formula is C25H33N5O9. The summed E-state index contributed by atoms with van der Waals surface area (Å²) in [7, 11) is 0. The maximum Gasteiger partial charge on any atom is 0.322 e. The fourth-order valence-electron chi connectivity index (χ4n) is 3.58. The van der Waals surface area contributed by atoms with Crippen LogP contribution in [0, 0.1) is 6.92 Å². The van der Waals surface area contributed by atoms with E-state index in [9.17, 15) is 28.8 Å². The van der Waals surface area contributed by atoms with Gasteiger partial charge in [-0.05, 0) is 44.9 Å². The molecule has 14 nitrogen and oxygen atoms in total. The van der Waals surface area contributed by atoms with Gasteiger partial charge in [-0.15, -0.1) is 0 Å². The van der Waals surface area contributed by atoms with Gasteiger partial charge in [-0.3, -0.25) is 28.8 Å². The average molecular weight is 548 g/mol. The van der Waals surface area contributed by atoms with Crippen LogP contribution < -0.4 is 31.7 Å². The first-order valence-electron chi connectivity index (χ1n) is 12.3. The number of allylic oxidation sites excluding steroid dienone is 1. The van der Waals surface area contributed by atoms with E-state index in [4.69, 9.17) is 20.7 Å². The van der Waals surface area contributed by atoms with Crippen LogP contribution in [-0.2, 0) is 24.0 Å². The number of ether oxygens (including phenoxy) is 1. The lowest BCUT2D eigenvalue weighted by Gasteiger charge is -2.23. The molecule has 0 aromatic heterocycles. The second kappa shape index (κ2) is 15.1. The molecule has 1 aromatic carbocycles. The minimum Gasteiger partial charge on any atom is -0.493 e. The Balaban J connectivity index is 2.49. The lowest BCUT2D eigenvalue weighted by atomic mass is 10.1. The summed E-state index contributed by atoms with van der Waals surface area (Å²) in [5.41, 5.74) is 6.06. The molecule has 39 heavy (non-hydrogen) atoms. The summed E-state index contributed by atoms with van der Waals surface area (Å²) in [6, 6.07) is 2.16. The van der Waals surface area contributed by atoms with Gasteiger partial charge in [0.05, 0.1) is 12.2 Å². The van der Waals surface area contributed by atoms with Gasteiger partial charge in [0.15, 0.2) is 0 Å². The van der Waals surface area contributed by atoms with Crippen molar-refractivity contribution in [3.8, 4) is 5.75 Å². The number of nitrogens with one attached hydrogen (secondary N) is 4. The number of unbranched alkanes of at least 4 members (excludes halogenated alkanes) is 1. The highest BCUT2D eigenvalue weighted by Gasteiger charge is 2.29. The standard InChI is InChI=1S/C25H33N5O9/c1-14-5-7-19-15(12-14)22(35)28-17(6-8-20(31)32)25(38)29-16(4-2-3-10-26)24(37)30-18(9-11-39-19)23(36)27-13-21(33)34/h4-5,7,12,17-18H,2-3,6,8-11,13,26H2,1H3,(H,27,36)(H,28,35)(H,29,38)(H,30,37)(H,31,32)(H,33,34)/b16-4+/t17-,18-/m0/s1. The monoisotopic (exact) mass is 547 g/mol. The van der Waals surface area contributed by atoms with Gasteiger partial charge in [-0.2, -0.15) is 0 Å². The van der Waals surface area contributed by atoms with Crippen molar-refractivity contribution >= 4 is 35.6 Å². The number of rotatable bonds is 9. The maximum atomic E-state index is 13.2.